The van der Waals surface area contributed by atoms with E-state index < -0.39 is 5.82 Å². The molecule has 1 aliphatic rings. The number of rotatable bonds is 4. The van der Waals surface area contributed by atoms with Gasteiger partial charge < -0.3 is 15.4 Å². The fraction of sp³-hybridized carbons (Fsp3) is 0.438. The normalized spacial score (nSPS) is 15.1. The number of piperidine rings is 1. The van der Waals surface area contributed by atoms with Crippen molar-refractivity contribution >= 4 is 16.5 Å². The highest BCUT2D eigenvalue weighted by Gasteiger charge is 2.18. The van der Waals surface area contributed by atoms with Crippen LogP contribution in [0.3, 0.4) is 0 Å². The number of anilines is 1. The van der Waals surface area contributed by atoms with E-state index in [4.69, 9.17) is 10.5 Å². The van der Waals surface area contributed by atoms with Crippen LogP contribution in [0.2, 0.25) is 0 Å². The Morgan fingerprint density at radius 3 is 2.77 bits per heavy atom. The molecule has 118 valence electrons. The van der Waals surface area contributed by atoms with E-state index in [0.717, 1.165) is 29.5 Å². The molecule has 1 fully saturated rings. The second-order valence-corrected chi connectivity index (χ2v) is 6.26. The molecule has 0 atom stereocenters. The minimum atomic E-state index is -0.395. The lowest BCUT2D eigenvalue weighted by atomic mass is 10.1. The second kappa shape index (κ2) is 6.62. The maximum Gasteiger partial charge on any atom is 0.185 e. The first kappa shape index (κ1) is 15.2. The standard InChI is InChI=1S/C16H20FN3OS/c1-21-15-12(7-11(9-18)8-13(15)17)14-10-22-16(19-14)20-5-3-2-4-6-20/h7-8,10H,2-6,9,18H2,1H3. The van der Waals surface area contributed by atoms with Crippen molar-refractivity contribution < 1.29 is 9.13 Å². The summed E-state index contributed by atoms with van der Waals surface area (Å²) in [4.78, 5) is 6.99. The number of nitrogens with two attached hydrogens (primary N) is 1. The molecule has 0 radical (unpaired) electrons. The predicted molar refractivity (Wildman–Crippen MR) is 88.0 cm³/mol. The van der Waals surface area contributed by atoms with Gasteiger partial charge in [-0.05, 0) is 37.0 Å². The highest BCUT2D eigenvalue weighted by atomic mass is 32.1. The Kier molecular flexibility index (Phi) is 4.59. The Morgan fingerprint density at radius 1 is 1.32 bits per heavy atom. The zero-order valence-corrected chi connectivity index (χ0v) is 13.5. The molecule has 0 aliphatic carbocycles. The number of benzene rings is 1. The molecule has 6 heteroatoms. The zero-order valence-electron chi connectivity index (χ0n) is 12.6. The van der Waals surface area contributed by atoms with Crippen molar-refractivity contribution in [3.05, 3.63) is 28.9 Å². The van der Waals surface area contributed by atoms with E-state index in [-0.39, 0.29) is 12.3 Å². The molecule has 1 saturated heterocycles. The number of hydrogen-bond donors (Lipinski definition) is 1. The molecule has 0 amide bonds. The number of halogens is 1. The minimum Gasteiger partial charge on any atom is -0.493 e. The Hall–Kier alpha value is -1.66. The van der Waals surface area contributed by atoms with Crippen molar-refractivity contribution in [1.29, 1.82) is 0 Å². The SMILES string of the molecule is COc1c(F)cc(CN)cc1-c1csc(N2CCCCC2)n1. The molecule has 2 N–H and O–H groups in total. The van der Waals surface area contributed by atoms with Crippen LogP contribution in [0, 0.1) is 5.82 Å². The van der Waals surface area contributed by atoms with Crippen LogP contribution in [-0.2, 0) is 6.54 Å². The summed E-state index contributed by atoms with van der Waals surface area (Å²) in [5.41, 5.74) is 7.80. The molecule has 0 unspecified atom stereocenters. The fourth-order valence-corrected chi connectivity index (χ4v) is 3.66. The number of thiazole rings is 1. The first-order valence-electron chi connectivity index (χ1n) is 7.50. The molecular weight excluding hydrogens is 301 g/mol. The maximum absolute atomic E-state index is 14.1. The van der Waals surface area contributed by atoms with E-state index in [1.54, 1.807) is 11.3 Å². The lowest BCUT2D eigenvalue weighted by Crippen LogP contribution is -2.29. The summed E-state index contributed by atoms with van der Waals surface area (Å²) in [6.45, 7) is 2.37. The summed E-state index contributed by atoms with van der Waals surface area (Å²) >= 11 is 1.59. The first-order valence-corrected chi connectivity index (χ1v) is 8.38. The van der Waals surface area contributed by atoms with Gasteiger partial charge in [0.25, 0.3) is 0 Å². The molecule has 1 aromatic carbocycles. The summed E-state index contributed by atoms with van der Waals surface area (Å²) in [5, 5.41) is 2.96. The van der Waals surface area contributed by atoms with Crippen LogP contribution in [0.4, 0.5) is 9.52 Å². The van der Waals surface area contributed by atoms with Crippen LogP contribution in [0.15, 0.2) is 17.5 Å². The van der Waals surface area contributed by atoms with Crippen LogP contribution in [0.5, 0.6) is 5.75 Å². The van der Waals surface area contributed by atoms with Gasteiger partial charge >= 0.3 is 0 Å². The van der Waals surface area contributed by atoms with E-state index in [9.17, 15) is 4.39 Å². The monoisotopic (exact) mass is 321 g/mol. The largest absolute Gasteiger partial charge is 0.493 e. The third-order valence-corrected chi connectivity index (χ3v) is 4.84. The molecule has 0 spiro atoms. The summed E-state index contributed by atoms with van der Waals surface area (Å²) in [5.74, 6) is -0.166. The topological polar surface area (TPSA) is 51.4 Å². The number of hydrogen-bond acceptors (Lipinski definition) is 5. The summed E-state index contributed by atoms with van der Waals surface area (Å²) in [7, 11) is 1.47. The molecule has 2 heterocycles. The van der Waals surface area contributed by atoms with Gasteiger partial charge in [-0.2, -0.15) is 0 Å². The van der Waals surface area contributed by atoms with Crippen LogP contribution >= 0.6 is 11.3 Å². The van der Waals surface area contributed by atoms with E-state index in [0.29, 0.717) is 5.56 Å². The molecule has 4 nitrogen and oxygen atoms in total. The third-order valence-electron chi connectivity index (χ3n) is 3.94. The average Bonchev–Trinajstić information content (AvgIpc) is 3.04. The average molecular weight is 321 g/mol. The molecule has 0 bridgehead atoms. The van der Waals surface area contributed by atoms with E-state index in [1.807, 2.05) is 11.4 Å². The van der Waals surface area contributed by atoms with Gasteiger partial charge in [-0.1, -0.05) is 0 Å². The van der Waals surface area contributed by atoms with E-state index in [1.165, 1.54) is 32.4 Å². The van der Waals surface area contributed by atoms with Crippen LogP contribution in [-0.4, -0.2) is 25.2 Å². The molecule has 2 aromatic rings. The molecule has 22 heavy (non-hydrogen) atoms. The molecule has 0 saturated carbocycles. The third kappa shape index (κ3) is 2.94. The molecule has 3 rings (SSSR count). The molecule has 1 aliphatic heterocycles. The van der Waals surface area contributed by atoms with Crippen molar-refractivity contribution in [2.75, 3.05) is 25.1 Å². The predicted octanol–water partition coefficient (Wildman–Crippen LogP) is 3.41. The van der Waals surface area contributed by atoms with Gasteiger partial charge in [-0.15, -0.1) is 11.3 Å². The Morgan fingerprint density at radius 2 is 2.09 bits per heavy atom. The van der Waals surface area contributed by atoms with Crippen LogP contribution < -0.4 is 15.4 Å². The summed E-state index contributed by atoms with van der Waals surface area (Å²) in [6.07, 6.45) is 3.69. The highest BCUT2D eigenvalue weighted by Crippen LogP contribution is 2.36. The van der Waals surface area contributed by atoms with Crippen LogP contribution in [0.1, 0.15) is 24.8 Å². The fourth-order valence-electron chi connectivity index (χ4n) is 2.78. The Bertz CT molecular complexity index is 653. The summed E-state index contributed by atoms with van der Waals surface area (Å²) < 4.78 is 19.3. The molecule has 1 aromatic heterocycles. The maximum atomic E-state index is 14.1. The van der Waals surface area contributed by atoms with E-state index in [2.05, 4.69) is 9.88 Å². The van der Waals surface area contributed by atoms with Gasteiger partial charge in [0.1, 0.15) is 0 Å². The second-order valence-electron chi connectivity index (χ2n) is 5.43. The smallest absolute Gasteiger partial charge is 0.185 e. The van der Waals surface area contributed by atoms with Gasteiger partial charge in [0.05, 0.1) is 12.8 Å². The van der Waals surface area contributed by atoms with Crippen molar-refractivity contribution in [2.45, 2.75) is 25.8 Å². The van der Waals surface area contributed by atoms with Gasteiger partial charge in [0.15, 0.2) is 16.7 Å². The number of ether oxygens (including phenoxy) is 1. The van der Waals surface area contributed by atoms with Crippen molar-refractivity contribution in [2.24, 2.45) is 5.73 Å². The minimum absolute atomic E-state index is 0.229. The Balaban J connectivity index is 1.96. The van der Waals surface area contributed by atoms with Crippen molar-refractivity contribution in [3.8, 4) is 17.0 Å². The van der Waals surface area contributed by atoms with Crippen molar-refractivity contribution in [3.63, 3.8) is 0 Å². The van der Waals surface area contributed by atoms with Gasteiger partial charge in [0.2, 0.25) is 0 Å². The van der Waals surface area contributed by atoms with Crippen molar-refractivity contribution in [1.82, 2.24) is 4.98 Å². The quantitative estimate of drug-likeness (QED) is 0.937. The molecular formula is C16H20FN3OS. The van der Waals surface area contributed by atoms with Gasteiger partial charge in [-0.25, -0.2) is 9.37 Å². The Labute approximate surface area is 133 Å². The van der Waals surface area contributed by atoms with E-state index >= 15 is 0 Å². The van der Waals surface area contributed by atoms with Crippen LogP contribution in [0.25, 0.3) is 11.3 Å². The number of methoxy groups -OCH3 is 1. The lowest BCUT2D eigenvalue weighted by molar-refractivity contribution is 0.388. The highest BCUT2D eigenvalue weighted by molar-refractivity contribution is 7.14. The summed E-state index contributed by atoms with van der Waals surface area (Å²) in [6, 6.07) is 3.27. The first-order chi connectivity index (χ1) is 10.7. The van der Waals surface area contributed by atoms with Gasteiger partial charge in [0, 0.05) is 30.6 Å². The number of aromatic nitrogens is 1. The zero-order chi connectivity index (χ0) is 15.5. The lowest BCUT2D eigenvalue weighted by Gasteiger charge is -2.25. The number of nitrogens with zero attached hydrogens (tertiary/aromatic N) is 2. The van der Waals surface area contributed by atoms with Gasteiger partial charge in [-0.3, -0.25) is 0 Å².